The molecule has 0 fully saturated rings. The highest BCUT2D eigenvalue weighted by Gasteiger charge is 2.32. The smallest absolute Gasteiger partial charge is 0.323 e. The maximum atomic E-state index is 13.6. The third kappa shape index (κ3) is 5.88. The third-order valence-corrected chi connectivity index (χ3v) is 6.07. The Morgan fingerprint density at radius 1 is 1.17 bits per heavy atom. The lowest BCUT2D eigenvalue weighted by molar-refractivity contribution is -0.384. The van der Waals surface area contributed by atoms with E-state index in [1.165, 1.54) is 6.92 Å². The molecule has 0 bridgehead atoms. The second kappa shape index (κ2) is 9.69. The minimum Gasteiger partial charge on any atom is -0.323 e. The first-order valence-corrected chi connectivity index (χ1v) is 9.68. The van der Waals surface area contributed by atoms with Gasteiger partial charge in [-0.15, -0.1) is 12.4 Å². The van der Waals surface area contributed by atoms with Crippen molar-refractivity contribution in [3.05, 3.63) is 69.5 Å². The van der Waals surface area contributed by atoms with Gasteiger partial charge in [0.2, 0.25) is 10.0 Å². The molecule has 30 heavy (non-hydrogen) atoms. The van der Waals surface area contributed by atoms with E-state index in [2.05, 4.69) is 0 Å². The number of rotatable bonds is 7. The van der Waals surface area contributed by atoms with Gasteiger partial charge >= 0.3 is 6.18 Å². The average molecular weight is 472 g/mol. The van der Waals surface area contributed by atoms with Gasteiger partial charge in [0.25, 0.3) is 5.69 Å². The Hall–Kier alpha value is -2.28. The molecule has 2 aromatic rings. The van der Waals surface area contributed by atoms with Gasteiger partial charge in [0.05, 0.1) is 15.4 Å². The lowest BCUT2D eigenvalue weighted by Gasteiger charge is -2.24. The highest BCUT2D eigenvalue weighted by Crippen LogP contribution is 2.32. The lowest BCUT2D eigenvalue weighted by atomic mass is 10.0. The van der Waals surface area contributed by atoms with E-state index in [1.807, 2.05) is 0 Å². The molecule has 0 aliphatic rings. The molecule has 0 spiro atoms. The number of halogens is 5. The molecule has 13 heteroatoms. The Morgan fingerprint density at radius 3 is 2.20 bits per heavy atom. The fourth-order valence-corrected chi connectivity index (χ4v) is 4.08. The number of sulfonamides is 1. The van der Waals surface area contributed by atoms with Crippen molar-refractivity contribution in [1.29, 1.82) is 0 Å². The number of hydrogen-bond donors (Lipinski definition) is 1. The van der Waals surface area contributed by atoms with Crippen LogP contribution in [0.1, 0.15) is 24.1 Å². The molecular weight excluding hydrogens is 454 g/mol. The molecule has 0 saturated carbocycles. The van der Waals surface area contributed by atoms with Crippen LogP contribution in [0.3, 0.4) is 0 Å². The van der Waals surface area contributed by atoms with Crippen molar-refractivity contribution < 1.29 is 30.9 Å². The zero-order valence-electron chi connectivity index (χ0n) is 15.5. The van der Waals surface area contributed by atoms with Crippen LogP contribution in [0.5, 0.6) is 0 Å². The summed E-state index contributed by atoms with van der Waals surface area (Å²) in [5, 5.41) is 10.7. The third-order valence-electron chi connectivity index (χ3n) is 4.11. The summed E-state index contributed by atoms with van der Waals surface area (Å²) in [5.41, 5.74) is 4.11. The van der Waals surface area contributed by atoms with Crippen LogP contribution >= 0.6 is 12.4 Å². The average Bonchev–Trinajstić information content (AvgIpc) is 2.64. The van der Waals surface area contributed by atoms with Crippen LogP contribution in [-0.2, 0) is 16.2 Å². The van der Waals surface area contributed by atoms with Gasteiger partial charge in [0, 0.05) is 31.3 Å². The molecule has 2 aromatic carbocycles. The Bertz CT molecular complexity index is 1000. The van der Waals surface area contributed by atoms with Crippen LogP contribution in [0.2, 0.25) is 0 Å². The molecule has 2 rings (SSSR count). The molecule has 166 valence electrons. The SMILES string of the molecule is CCN(C[C@@H](N)c1cc(F)cc(C(F)(F)F)c1)S(=O)(=O)c1ccc([N+](=O)[O-])cc1.Cl. The Balaban J connectivity index is 0.00000450. The van der Waals surface area contributed by atoms with Gasteiger partial charge in [0.15, 0.2) is 0 Å². The number of nitrogens with two attached hydrogens (primary N) is 1. The Labute approximate surface area is 176 Å². The number of nitro benzene ring substituents is 1. The van der Waals surface area contributed by atoms with E-state index in [0.717, 1.165) is 34.6 Å². The van der Waals surface area contributed by atoms with E-state index in [0.29, 0.717) is 12.1 Å². The van der Waals surface area contributed by atoms with Crippen molar-refractivity contribution in [2.75, 3.05) is 13.1 Å². The van der Waals surface area contributed by atoms with Crippen LogP contribution in [0.15, 0.2) is 47.4 Å². The molecule has 0 saturated heterocycles. The molecule has 1 atom stereocenters. The van der Waals surface area contributed by atoms with E-state index in [9.17, 15) is 36.1 Å². The second-order valence-electron chi connectivity index (χ2n) is 6.08. The van der Waals surface area contributed by atoms with E-state index in [4.69, 9.17) is 5.73 Å². The van der Waals surface area contributed by atoms with Gasteiger partial charge in [-0.05, 0) is 35.9 Å². The first kappa shape index (κ1) is 25.8. The van der Waals surface area contributed by atoms with Crippen molar-refractivity contribution in [3.8, 4) is 0 Å². The first-order chi connectivity index (χ1) is 13.4. The predicted molar refractivity (Wildman–Crippen MR) is 103 cm³/mol. The van der Waals surface area contributed by atoms with E-state index >= 15 is 0 Å². The number of alkyl halides is 3. The number of benzene rings is 2. The molecule has 0 unspecified atom stereocenters. The Morgan fingerprint density at radius 2 is 1.73 bits per heavy atom. The van der Waals surface area contributed by atoms with E-state index < -0.39 is 45.1 Å². The van der Waals surface area contributed by atoms with Crippen LogP contribution < -0.4 is 5.73 Å². The summed E-state index contributed by atoms with van der Waals surface area (Å²) in [5.74, 6) is -1.15. The van der Waals surface area contributed by atoms with E-state index in [1.54, 1.807) is 0 Å². The normalized spacial score (nSPS) is 13.0. The van der Waals surface area contributed by atoms with Crippen molar-refractivity contribution in [2.45, 2.75) is 24.0 Å². The Kier molecular flexibility index (Phi) is 8.32. The summed E-state index contributed by atoms with van der Waals surface area (Å²) in [6.45, 7) is 0.993. The van der Waals surface area contributed by atoms with Crippen LogP contribution in [-0.4, -0.2) is 30.7 Å². The lowest BCUT2D eigenvalue weighted by Crippen LogP contribution is -2.37. The predicted octanol–water partition coefficient (Wildman–Crippen LogP) is 3.89. The maximum Gasteiger partial charge on any atom is 0.416 e. The van der Waals surface area contributed by atoms with Crippen molar-refractivity contribution >= 4 is 28.1 Å². The van der Waals surface area contributed by atoms with Gasteiger partial charge in [-0.2, -0.15) is 17.5 Å². The van der Waals surface area contributed by atoms with Gasteiger partial charge in [-0.1, -0.05) is 6.92 Å². The summed E-state index contributed by atoms with van der Waals surface area (Å²) in [6, 6.07) is 4.69. The van der Waals surface area contributed by atoms with Gasteiger partial charge in [-0.3, -0.25) is 10.1 Å². The summed E-state index contributed by atoms with van der Waals surface area (Å²) >= 11 is 0. The summed E-state index contributed by atoms with van der Waals surface area (Å²) in [6.07, 6.45) is -4.79. The molecular formula is C17H18ClF4N3O4S. The zero-order chi connectivity index (χ0) is 22.0. The van der Waals surface area contributed by atoms with Crippen LogP contribution in [0.25, 0.3) is 0 Å². The molecule has 0 heterocycles. The number of hydrogen-bond acceptors (Lipinski definition) is 5. The van der Waals surface area contributed by atoms with Crippen LogP contribution in [0.4, 0.5) is 23.2 Å². The quantitative estimate of drug-likeness (QED) is 0.374. The highest BCUT2D eigenvalue weighted by molar-refractivity contribution is 7.89. The number of non-ortho nitro benzene ring substituents is 1. The molecule has 2 N–H and O–H groups in total. The number of nitrogens with zero attached hydrogens (tertiary/aromatic N) is 2. The van der Waals surface area contributed by atoms with E-state index in [-0.39, 0.29) is 35.1 Å². The largest absolute Gasteiger partial charge is 0.416 e. The minimum absolute atomic E-state index is 0. The van der Waals surface area contributed by atoms with Gasteiger partial charge in [-0.25, -0.2) is 12.8 Å². The number of nitro groups is 1. The van der Waals surface area contributed by atoms with Gasteiger partial charge < -0.3 is 5.73 Å². The zero-order valence-corrected chi connectivity index (χ0v) is 17.1. The number of likely N-dealkylation sites (N-methyl/N-ethyl adjacent to an activating group) is 1. The topological polar surface area (TPSA) is 107 Å². The first-order valence-electron chi connectivity index (χ1n) is 8.24. The summed E-state index contributed by atoms with van der Waals surface area (Å²) in [4.78, 5) is 9.77. The van der Waals surface area contributed by atoms with Crippen LogP contribution in [0, 0.1) is 15.9 Å². The molecule has 0 amide bonds. The highest BCUT2D eigenvalue weighted by atomic mass is 35.5. The van der Waals surface area contributed by atoms with Crippen molar-refractivity contribution in [2.24, 2.45) is 5.73 Å². The van der Waals surface area contributed by atoms with Gasteiger partial charge in [0.1, 0.15) is 5.82 Å². The second-order valence-corrected chi connectivity index (χ2v) is 8.02. The molecule has 0 aliphatic carbocycles. The molecule has 0 radical (unpaired) electrons. The maximum absolute atomic E-state index is 13.6. The molecule has 0 aliphatic heterocycles. The minimum atomic E-state index is -4.79. The van der Waals surface area contributed by atoms with Crippen molar-refractivity contribution in [1.82, 2.24) is 4.31 Å². The summed E-state index contributed by atoms with van der Waals surface area (Å²) < 4.78 is 78.6. The molecule has 0 aromatic heterocycles. The monoisotopic (exact) mass is 471 g/mol. The van der Waals surface area contributed by atoms with Crippen molar-refractivity contribution in [3.63, 3.8) is 0 Å². The standard InChI is InChI=1S/C17H17F4N3O4S.ClH/c1-2-23(29(27,28)15-5-3-14(4-6-15)24(25)26)10-16(22)11-7-12(17(19,20)21)9-13(18)8-11;/h3-9,16H,2,10,22H2,1H3;1H/t16-;/m1./s1. The fourth-order valence-electron chi connectivity index (χ4n) is 2.60. The molecule has 7 nitrogen and oxygen atoms in total. The summed E-state index contributed by atoms with van der Waals surface area (Å²) in [7, 11) is -4.13. The fraction of sp³-hybridized carbons (Fsp3) is 0.294.